The van der Waals surface area contributed by atoms with Crippen molar-refractivity contribution in [2.45, 2.75) is 37.9 Å². The molecular weight excluding hydrogens is 438 g/mol. The normalized spacial score (nSPS) is 25.6. The summed E-state index contributed by atoms with van der Waals surface area (Å²) in [5.74, 6) is -1.26. The van der Waals surface area contributed by atoms with Crippen LogP contribution in [0, 0.1) is 0 Å². The van der Waals surface area contributed by atoms with Crippen LogP contribution < -0.4 is 20.9 Å². The quantitative estimate of drug-likeness (QED) is 0.597. The van der Waals surface area contributed by atoms with Crippen LogP contribution in [0.15, 0.2) is 48.5 Å². The third kappa shape index (κ3) is 3.13. The molecule has 10 nitrogen and oxygen atoms in total. The standard InChI is InChI=1S/C24H23N5O5/c1-23-12-11-19(31)29(23)17-6-4-3-5-16(17)20(32)28(23)13-18(30)25-15-9-7-14(8-10-15)24(2)21(33)26-22(34)27-24/h3-10H,11-13H2,1-2H3,(H,25,30)(H2,26,27,33,34). The van der Waals surface area contributed by atoms with Gasteiger partial charge in [-0.3, -0.25) is 29.4 Å². The molecule has 0 aromatic heterocycles. The second kappa shape index (κ2) is 7.41. The van der Waals surface area contributed by atoms with Crippen LogP contribution >= 0.6 is 0 Å². The molecule has 2 atom stereocenters. The molecule has 2 saturated heterocycles. The van der Waals surface area contributed by atoms with E-state index < -0.39 is 29.0 Å². The molecule has 5 rings (SSSR count). The maximum atomic E-state index is 13.3. The Morgan fingerprint density at radius 3 is 2.41 bits per heavy atom. The number of hydrogen-bond acceptors (Lipinski definition) is 5. The van der Waals surface area contributed by atoms with Crippen molar-refractivity contribution < 1.29 is 24.0 Å². The maximum absolute atomic E-state index is 13.3. The van der Waals surface area contributed by atoms with Crippen LogP contribution in [0.2, 0.25) is 0 Å². The third-order valence-corrected chi connectivity index (χ3v) is 6.84. The second-order valence-corrected chi connectivity index (χ2v) is 9.01. The fourth-order valence-electron chi connectivity index (χ4n) is 4.92. The van der Waals surface area contributed by atoms with Crippen LogP contribution in [-0.2, 0) is 19.9 Å². The van der Waals surface area contributed by atoms with Gasteiger partial charge in [-0.2, -0.15) is 0 Å². The van der Waals surface area contributed by atoms with Crippen LogP contribution in [0.1, 0.15) is 42.6 Å². The minimum Gasteiger partial charge on any atom is -0.325 e. The summed E-state index contributed by atoms with van der Waals surface area (Å²) in [6.45, 7) is 3.16. The van der Waals surface area contributed by atoms with Gasteiger partial charge in [0.05, 0.1) is 11.3 Å². The summed E-state index contributed by atoms with van der Waals surface area (Å²) in [5, 5.41) is 7.57. The Kier molecular flexibility index (Phi) is 4.71. The van der Waals surface area contributed by atoms with Crippen LogP contribution in [0.4, 0.5) is 16.2 Å². The van der Waals surface area contributed by atoms with Gasteiger partial charge in [0.1, 0.15) is 17.7 Å². The zero-order valence-electron chi connectivity index (χ0n) is 18.7. The van der Waals surface area contributed by atoms with Gasteiger partial charge in [0.25, 0.3) is 11.8 Å². The maximum Gasteiger partial charge on any atom is 0.322 e. The summed E-state index contributed by atoms with van der Waals surface area (Å²) in [6, 6.07) is 12.9. The molecule has 3 N–H and O–H groups in total. The predicted molar refractivity (Wildman–Crippen MR) is 122 cm³/mol. The minimum atomic E-state index is -1.19. The van der Waals surface area contributed by atoms with Gasteiger partial charge in [-0.25, -0.2) is 4.79 Å². The van der Waals surface area contributed by atoms with E-state index in [1.54, 1.807) is 67.3 Å². The molecule has 3 aliphatic rings. The molecule has 2 aromatic rings. The number of carbonyl (C=O) groups is 5. The van der Waals surface area contributed by atoms with E-state index in [-0.39, 0.29) is 18.4 Å². The number of para-hydroxylation sites is 1. The average Bonchev–Trinajstić information content (AvgIpc) is 3.26. The van der Waals surface area contributed by atoms with E-state index in [2.05, 4.69) is 16.0 Å². The van der Waals surface area contributed by atoms with Gasteiger partial charge in [-0.05, 0) is 50.1 Å². The molecule has 0 spiro atoms. The number of nitrogens with zero attached hydrogens (tertiary/aromatic N) is 2. The van der Waals surface area contributed by atoms with Gasteiger partial charge in [0.2, 0.25) is 11.8 Å². The number of nitrogens with one attached hydrogen (secondary N) is 3. The van der Waals surface area contributed by atoms with Crippen molar-refractivity contribution in [3.63, 3.8) is 0 Å². The molecular formula is C24H23N5O5. The molecule has 2 unspecified atom stereocenters. The largest absolute Gasteiger partial charge is 0.325 e. The number of carbonyl (C=O) groups excluding carboxylic acids is 5. The lowest BCUT2D eigenvalue weighted by molar-refractivity contribution is -0.123. The first-order valence-electron chi connectivity index (χ1n) is 10.9. The number of hydrogen-bond donors (Lipinski definition) is 3. The molecule has 0 bridgehead atoms. The third-order valence-electron chi connectivity index (χ3n) is 6.84. The Balaban J connectivity index is 1.35. The molecule has 2 aromatic carbocycles. The number of amides is 6. The number of anilines is 2. The van der Waals surface area contributed by atoms with Crippen molar-refractivity contribution in [2.24, 2.45) is 0 Å². The summed E-state index contributed by atoms with van der Waals surface area (Å²) in [4.78, 5) is 65.6. The van der Waals surface area contributed by atoms with E-state index >= 15 is 0 Å². The number of rotatable bonds is 4. The number of benzene rings is 2. The van der Waals surface area contributed by atoms with Gasteiger partial charge >= 0.3 is 6.03 Å². The van der Waals surface area contributed by atoms with Gasteiger partial charge in [0, 0.05) is 12.1 Å². The van der Waals surface area contributed by atoms with Crippen molar-refractivity contribution in [2.75, 3.05) is 16.8 Å². The smallest absolute Gasteiger partial charge is 0.322 e. The molecule has 10 heteroatoms. The van der Waals surface area contributed by atoms with E-state index in [1.807, 2.05) is 0 Å². The highest BCUT2D eigenvalue weighted by Crippen LogP contribution is 2.43. The summed E-state index contributed by atoms with van der Waals surface area (Å²) < 4.78 is 0. The second-order valence-electron chi connectivity index (χ2n) is 9.01. The van der Waals surface area contributed by atoms with Crippen LogP contribution in [0.5, 0.6) is 0 Å². The van der Waals surface area contributed by atoms with Gasteiger partial charge in [-0.15, -0.1) is 0 Å². The fraction of sp³-hybridized carbons (Fsp3) is 0.292. The molecule has 34 heavy (non-hydrogen) atoms. The lowest BCUT2D eigenvalue weighted by Gasteiger charge is -2.48. The topological polar surface area (TPSA) is 128 Å². The van der Waals surface area contributed by atoms with Crippen LogP contribution in [0.3, 0.4) is 0 Å². The SMILES string of the molecule is CC1(c2ccc(NC(=O)CN3C(=O)c4ccccc4N4C(=O)CCC34C)cc2)NC(=O)NC1=O. The van der Waals surface area contributed by atoms with E-state index in [0.717, 1.165) is 0 Å². The van der Waals surface area contributed by atoms with E-state index in [1.165, 1.54) is 4.90 Å². The monoisotopic (exact) mass is 461 g/mol. The number of imide groups is 1. The Morgan fingerprint density at radius 1 is 1.03 bits per heavy atom. The molecule has 2 fully saturated rings. The van der Waals surface area contributed by atoms with Crippen molar-refractivity contribution in [3.8, 4) is 0 Å². The lowest BCUT2D eigenvalue weighted by atomic mass is 9.92. The van der Waals surface area contributed by atoms with Gasteiger partial charge in [0.15, 0.2) is 0 Å². The zero-order chi connectivity index (χ0) is 24.3. The first kappa shape index (κ1) is 21.6. The van der Waals surface area contributed by atoms with Crippen LogP contribution in [0.25, 0.3) is 0 Å². The van der Waals surface area contributed by atoms with Crippen molar-refractivity contribution >= 4 is 41.0 Å². The van der Waals surface area contributed by atoms with Crippen molar-refractivity contribution in [1.29, 1.82) is 0 Å². The molecule has 0 saturated carbocycles. The molecule has 6 amide bonds. The molecule has 3 heterocycles. The summed E-state index contributed by atoms with van der Waals surface area (Å²) in [5.41, 5.74) is -0.133. The Bertz CT molecular complexity index is 1260. The van der Waals surface area contributed by atoms with Gasteiger partial charge < -0.3 is 15.5 Å². The van der Waals surface area contributed by atoms with Crippen LogP contribution in [-0.4, -0.2) is 46.8 Å². The number of urea groups is 1. The molecule has 0 radical (unpaired) electrons. The Labute approximate surface area is 195 Å². The first-order valence-corrected chi connectivity index (χ1v) is 10.9. The molecule has 174 valence electrons. The Morgan fingerprint density at radius 2 is 1.74 bits per heavy atom. The first-order chi connectivity index (χ1) is 16.1. The summed E-state index contributed by atoms with van der Waals surface area (Å²) >= 11 is 0. The zero-order valence-corrected chi connectivity index (χ0v) is 18.7. The van der Waals surface area contributed by atoms with E-state index in [0.29, 0.717) is 35.3 Å². The Hall–Kier alpha value is -4.21. The minimum absolute atomic E-state index is 0.0833. The molecule has 0 aliphatic carbocycles. The van der Waals surface area contributed by atoms with Crippen molar-refractivity contribution in [3.05, 3.63) is 59.7 Å². The van der Waals surface area contributed by atoms with E-state index in [4.69, 9.17) is 0 Å². The molecule has 3 aliphatic heterocycles. The highest BCUT2D eigenvalue weighted by Gasteiger charge is 2.53. The average molecular weight is 461 g/mol. The van der Waals surface area contributed by atoms with Gasteiger partial charge in [-0.1, -0.05) is 24.3 Å². The lowest BCUT2D eigenvalue weighted by Crippen LogP contribution is -2.63. The highest BCUT2D eigenvalue weighted by atomic mass is 16.2. The number of fused-ring (bicyclic) bond motifs is 3. The fourth-order valence-corrected chi connectivity index (χ4v) is 4.92. The van der Waals surface area contributed by atoms with Crippen molar-refractivity contribution in [1.82, 2.24) is 15.5 Å². The highest BCUT2D eigenvalue weighted by molar-refractivity contribution is 6.11. The summed E-state index contributed by atoms with van der Waals surface area (Å²) in [7, 11) is 0. The summed E-state index contributed by atoms with van der Waals surface area (Å²) in [6.07, 6.45) is 0.723. The predicted octanol–water partition coefficient (Wildman–Crippen LogP) is 1.68. The van der Waals surface area contributed by atoms with E-state index in [9.17, 15) is 24.0 Å².